The molecule has 0 aliphatic heterocycles. The molecule has 0 atom stereocenters. The summed E-state index contributed by atoms with van der Waals surface area (Å²) < 4.78 is 30.7. The Labute approximate surface area is 111 Å². The van der Waals surface area contributed by atoms with Gasteiger partial charge in [0.2, 0.25) is 0 Å². The Balaban J connectivity index is 2.16. The minimum absolute atomic E-state index is 0.0327. The Hall–Kier alpha value is -2.83. The zero-order valence-corrected chi connectivity index (χ0v) is 9.88. The summed E-state index contributed by atoms with van der Waals surface area (Å²) in [5.41, 5.74) is -0.456. The van der Waals surface area contributed by atoms with Crippen LogP contribution in [0.4, 0.5) is 14.5 Å². The van der Waals surface area contributed by atoms with Gasteiger partial charge in [-0.3, -0.25) is 10.1 Å². The molecule has 0 saturated carbocycles. The fraction of sp³-hybridized carbons (Fsp3) is 0. The highest BCUT2D eigenvalue weighted by atomic mass is 19.1. The molecule has 0 heterocycles. The van der Waals surface area contributed by atoms with Gasteiger partial charge in [-0.1, -0.05) is 0 Å². The van der Waals surface area contributed by atoms with Crippen molar-refractivity contribution < 1.29 is 23.2 Å². The maximum Gasteiger partial charge on any atom is 0.343 e. The summed E-state index contributed by atoms with van der Waals surface area (Å²) in [5, 5.41) is 10.4. The number of nitro benzene ring substituents is 1. The molecule has 0 amide bonds. The van der Waals surface area contributed by atoms with E-state index in [9.17, 15) is 23.7 Å². The molecule has 0 fully saturated rings. The van der Waals surface area contributed by atoms with Crippen molar-refractivity contribution in [2.75, 3.05) is 0 Å². The molecule has 2 aromatic carbocycles. The van der Waals surface area contributed by atoms with Crippen LogP contribution in [-0.4, -0.2) is 10.9 Å². The Morgan fingerprint density at radius 2 is 1.60 bits per heavy atom. The van der Waals surface area contributed by atoms with Gasteiger partial charge in [0, 0.05) is 18.2 Å². The van der Waals surface area contributed by atoms with Gasteiger partial charge in [-0.05, 0) is 24.3 Å². The molecule has 0 aliphatic rings. The number of hydrogen-bond donors (Lipinski definition) is 0. The lowest BCUT2D eigenvalue weighted by Gasteiger charge is -2.04. The van der Waals surface area contributed by atoms with Gasteiger partial charge >= 0.3 is 5.97 Å². The fourth-order valence-electron chi connectivity index (χ4n) is 1.47. The third-order valence-corrected chi connectivity index (χ3v) is 2.36. The van der Waals surface area contributed by atoms with Crippen molar-refractivity contribution in [1.82, 2.24) is 0 Å². The van der Waals surface area contributed by atoms with Crippen LogP contribution < -0.4 is 4.74 Å². The van der Waals surface area contributed by atoms with Gasteiger partial charge in [0.15, 0.2) is 0 Å². The number of non-ortho nitro benzene ring substituents is 1. The SMILES string of the molecule is O=C(Oc1ccc([N+](=O)[O-])cc1)c1cc(F)cc(F)c1. The number of hydrogen-bond acceptors (Lipinski definition) is 4. The summed E-state index contributed by atoms with van der Waals surface area (Å²) in [5.74, 6) is -2.73. The number of esters is 1. The molecule has 5 nitrogen and oxygen atoms in total. The molecule has 0 aliphatic carbocycles. The average Bonchev–Trinajstić information content (AvgIpc) is 2.38. The first-order valence-electron chi connectivity index (χ1n) is 5.38. The number of nitrogens with zero attached hydrogens (tertiary/aromatic N) is 1. The Morgan fingerprint density at radius 3 is 2.10 bits per heavy atom. The normalized spacial score (nSPS) is 10.1. The number of rotatable bonds is 3. The Morgan fingerprint density at radius 1 is 1.05 bits per heavy atom. The van der Waals surface area contributed by atoms with Crippen LogP contribution in [0.15, 0.2) is 42.5 Å². The first-order chi connectivity index (χ1) is 9.45. The van der Waals surface area contributed by atoms with Crippen molar-refractivity contribution in [3.63, 3.8) is 0 Å². The van der Waals surface area contributed by atoms with E-state index in [-0.39, 0.29) is 17.0 Å². The summed E-state index contributed by atoms with van der Waals surface area (Å²) in [6.45, 7) is 0. The molecule has 7 heteroatoms. The second-order valence-corrected chi connectivity index (χ2v) is 3.80. The van der Waals surface area contributed by atoms with E-state index >= 15 is 0 Å². The molecule has 0 bridgehead atoms. The third-order valence-electron chi connectivity index (χ3n) is 2.36. The summed E-state index contributed by atoms with van der Waals surface area (Å²) in [6.07, 6.45) is 0. The molecule has 0 radical (unpaired) electrons. The molecule has 0 saturated heterocycles. The van der Waals surface area contributed by atoms with E-state index in [2.05, 4.69) is 0 Å². The fourth-order valence-corrected chi connectivity index (χ4v) is 1.47. The largest absolute Gasteiger partial charge is 0.423 e. The predicted molar refractivity (Wildman–Crippen MR) is 64.4 cm³/mol. The third kappa shape index (κ3) is 3.14. The molecule has 0 N–H and O–H groups in total. The average molecular weight is 279 g/mol. The topological polar surface area (TPSA) is 69.4 Å². The van der Waals surface area contributed by atoms with Crippen LogP contribution in [0.5, 0.6) is 5.75 Å². The summed E-state index contributed by atoms with van der Waals surface area (Å²) in [6, 6.07) is 7.01. The highest BCUT2D eigenvalue weighted by Crippen LogP contribution is 2.19. The van der Waals surface area contributed by atoms with E-state index in [1.54, 1.807) is 0 Å². The lowest BCUT2D eigenvalue weighted by Crippen LogP contribution is -2.09. The van der Waals surface area contributed by atoms with Crippen LogP contribution in [0.1, 0.15) is 10.4 Å². The lowest BCUT2D eigenvalue weighted by molar-refractivity contribution is -0.384. The summed E-state index contributed by atoms with van der Waals surface area (Å²) in [4.78, 5) is 21.5. The van der Waals surface area contributed by atoms with Crippen LogP contribution in [-0.2, 0) is 0 Å². The first-order valence-corrected chi connectivity index (χ1v) is 5.38. The van der Waals surface area contributed by atoms with Crippen LogP contribution in [0.3, 0.4) is 0 Å². The van der Waals surface area contributed by atoms with E-state index in [1.165, 1.54) is 12.1 Å². The second-order valence-electron chi connectivity index (χ2n) is 3.80. The smallest absolute Gasteiger partial charge is 0.343 e. The zero-order chi connectivity index (χ0) is 14.7. The molecular weight excluding hydrogens is 272 g/mol. The van der Waals surface area contributed by atoms with E-state index < -0.39 is 22.5 Å². The Kier molecular flexibility index (Phi) is 3.69. The second kappa shape index (κ2) is 5.43. The van der Waals surface area contributed by atoms with Crippen LogP contribution >= 0.6 is 0 Å². The number of carbonyl (C=O) groups excluding carboxylic acids is 1. The van der Waals surface area contributed by atoms with Crippen molar-refractivity contribution in [3.8, 4) is 5.75 Å². The highest BCUT2D eigenvalue weighted by Gasteiger charge is 2.12. The molecule has 0 aromatic heterocycles. The van der Waals surface area contributed by atoms with E-state index in [1.807, 2.05) is 0 Å². The van der Waals surface area contributed by atoms with Crippen LogP contribution in [0.25, 0.3) is 0 Å². The maximum absolute atomic E-state index is 12.9. The minimum atomic E-state index is -0.961. The number of benzene rings is 2. The molecule has 20 heavy (non-hydrogen) atoms. The van der Waals surface area contributed by atoms with Gasteiger partial charge in [0.25, 0.3) is 5.69 Å². The summed E-state index contributed by atoms with van der Waals surface area (Å²) in [7, 11) is 0. The number of halogens is 2. The number of carbonyl (C=O) groups is 1. The van der Waals surface area contributed by atoms with Gasteiger partial charge in [-0.2, -0.15) is 0 Å². The molecule has 102 valence electrons. The van der Waals surface area contributed by atoms with Gasteiger partial charge < -0.3 is 4.74 Å². The highest BCUT2D eigenvalue weighted by molar-refractivity contribution is 5.91. The minimum Gasteiger partial charge on any atom is -0.423 e. The van der Waals surface area contributed by atoms with Crippen molar-refractivity contribution in [2.24, 2.45) is 0 Å². The standard InChI is InChI=1S/C13H7F2NO4/c14-9-5-8(6-10(15)7-9)13(17)20-12-3-1-11(2-4-12)16(18)19/h1-7H. The van der Waals surface area contributed by atoms with Crippen LogP contribution in [0.2, 0.25) is 0 Å². The first kappa shape index (κ1) is 13.6. The van der Waals surface area contributed by atoms with Gasteiger partial charge in [-0.15, -0.1) is 0 Å². The predicted octanol–water partition coefficient (Wildman–Crippen LogP) is 3.09. The molecular formula is C13H7F2NO4. The van der Waals surface area contributed by atoms with E-state index in [0.717, 1.165) is 24.3 Å². The molecule has 0 spiro atoms. The lowest BCUT2D eigenvalue weighted by atomic mass is 10.2. The number of ether oxygens (including phenoxy) is 1. The van der Waals surface area contributed by atoms with Crippen molar-refractivity contribution in [2.45, 2.75) is 0 Å². The van der Waals surface area contributed by atoms with Crippen molar-refractivity contribution in [1.29, 1.82) is 0 Å². The Bertz CT molecular complexity index is 650. The van der Waals surface area contributed by atoms with E-state index in [0.29, 0.717) is 6.07 Å². The van der Waals surface area contributed by atoms with Crippen LogP contribution in [0, 0.1) is 21.7 Å². The monoisotopic (exact) mass is 279 g/mol. The number of nitro groups is 1. The summed E-state index contributed by atoms with van der Waals surface area (Å²) >= 11 is 0. The van der Waals surface area contributed by atoms with Gasteiger partial charge in [0.1, 0.15) is 17.4 Å². The molecule has 2 aromatic rings. The van der Waals surface area contributed by atoms with Crippen molar-refractivity contribution >= 4 is 11.7 Å². The maximum atomic E-state index is 12.9. The molecule has 0 unspecified atom stereocenters. The zero-order valence-electron chi connectivity index (χ0n) is 9.88. The van der Waals surface area contributed by atoms with E-state index in [4.69, 9.17) is 4.74 Å². The van der Waals surface area contributed by atoms with Gasteiger partial charge in [-0.25, -0.2) is 13.6 Å². The molecule has 2 rings (SSSR count). The van der Waals surface area contributed by atoms with Crippen molar-refractivity contribution in [3.05, 3.63) is 69.8 Å². The quantitative estimate of drug-likeness (QED) is 0.374. The van der Waals surface area contributed by atoms with Gasteiger partial charge in [0.05, 0.1) is 10.5 Å².